The predicted molar refractivity (Wildman–Crippen MR) is 95.8 cm³/mol. The maximum atomic E-state index is 12.0. The summed E-state index contributed by atoms with van der Waals surface area (Å²) >= 11 is 0. The van der Waals surface area contributed by atoms with Crippen molar-refractivity contribution in [1.82, 2.24) is 0 Å². The lowest BCUT2D eigenvalue weighted by atomic mass is 9.91. The Bertz CT molecular complexity index is 439. The topological polar surface area (TPSA) is 74.6 Å². The Morgan fingerprint density at radius 1 is 1.21 bits per heavy atom. The Morgan fingerprint density at radius 2 is 2.00 bits per heavy atom. The molecule has 0 radical (unpaired) electrons. The van der Waals surface area contributed by atoms with Gasteiger partial charge in [0.2, 0.25) is 0 Å². The number of carboxylic acid groups (broad SMARTS) is 1. The summed E-state index contributed by atoms with van der Waals surface area (Å²) in [5.74, 6) is -0.431. The van der Waals surface area contributed by atoms with Crippen LogP contribution in [0.4, 0.5) is 0 Å². The van der Waals surface area contributed by atoms with E-state index in [1.54, 1.807) is 0 Å². The number of ketones is 1. The van der Waals surface area contributed by atoms with Crippen molar-refractivity contribution in [2.45, 2.75) is 77.2 Å². The molecule has 0 heterocycles. The third-order valence-corrected chi connectivity index (χ3v) is 4.71. The molecule has 0 bridgehead atoms. The lowest BCUT2D eigenvalue weighted by Gasteiger charge is -2.12. The normalized spacial score (nSPS) is 22.7. The van der Waals surface area contributed by atoms with Crippen molar-refractivity contribution in [1.29, 1.82) is 0 Å². The van der Waals surface area contributed by atoms with Crippen molar-refractivity contribution in [3.05, 3.63) is 24.3 Å². The quantitative estimate of drug-likeness (QED) is 0.412. The van der Waals surface area contributed by atoms with Crippen LogP contribution in [0.15, 0.2) is 24.3 Å². The van der Waals surface area contributed by atoms with E-state index in [2.05, 4.69) is 19.1 Å². The molecule has 0 amide bonds. The summed E-state index contributed by atoms with van der Waals surface area (Å²) in [6, 6.07) is 0. The molecule has 1 saturated carbocycles. The number of unbranched alkanes of at least 4 members (excludes halogenated alkanes) is 4. The van der Waals surface area contributed by atoms with Crippen LogP contribution < -0.4 is 0 Å². The minimum atomic E-state index is -1.30. The second kappa shape index (κ2) is 12.0. The highest BCUT2D eigenvalue weighted by molar-refractivity contribution is 5.83. The van der Waals surface area contributed by atoms with Gasteiger partial charge < -0.3 is 10.2 Å². The van der Waals surface area contributed by atoms with Gasteiger partial charge in [0.1, 0.15) is 5.78 Å². The van der Waals surface area contributed by atoms with Gasteiger partial charge >= 0.3 is 5.97 Å². The van der Waals surface area contributed by atoms with Gasteiger partial charge in [-0.2, -0.15) is 0 Å². The molecular formula is C20H32O4. The van der Waals surface area contributed by atoms with Crippen LogP contribution in [0.3, 0.4) is 0 Å². The molecule has 0 spiro atoms. The van der Waals surface area contributed by atoms with Crippen LogP contribution >= 0.6 is 0 Å². The highest BCUT2D eigenvalue weighted by Gasteiger charge is 2.31. The molecule has 24 heavy (non-hydrogen) atoms. The smallest absolute Gasteiger partial charge is 0.332 e. The van der Waals surface area contributed by atoms with Crippen LogP contribution in [-0.2, 0) is 9.59 Å². The number of hydrogen-bond donors (Lipinski definition) is 2. The van der Waals surface area contributed by atoms with E-state index in [1.807, 2.05) is 12.2 Å². The van der Waals surface area contributed by atoms with Crippen LogP contribution in [0, 0.1) is 11.8 Å². The Hall–Kier alpha value is -1.42. The predicted octanol–water partition coefficient (Wildman–Crippen LogP) is 4.28. The highest BCUT2D eigenvalue weighted by atomic mass is 16.4. The van der Waals surface area contributed by atoms with Crippen molar-refractivity contribution in [3.63, 3.8) is 0 Å². The van der Waals surface area contributed by atoms with Crippen molar-refractivity contribution in [3.8, 4) is 0 Å². The Kier molecular flexibility index (Phi) is 10.3. The zero-order valence-corrected chi connectivity index (χ0v) is 14.8. The molecule has 1 aliphatic rings. The summed E-state index contributed by atoms with van der Waals surface area (Å²) in [6.45, 7) is 2.21. The molecule has 0 aliphatic heterocycles. The average Bonchev–Trinajstić information content (AvgIpc) is 2.90. The molecule has 4 heteroatoms. The fourth-order valence-electron chi connectivity index (χ4n) is 3.17. The first-order valence-corrected chi connectivity index (χ1v) is 9.31. The van der Waals surface area contributed by atoms with Crippen LogP contribution in [0.1, 0.15) is 71.1 Å². The fraction of sp³-hybridized carbons (Fsp3) is 0.700. The summed E-state index contributed by atoms with van der Waals surface area (Å²) in [5.41, 5.74) is 0. The number of carbonyl (C=O) groups excluding carboxylic acids is 1. The molecule has 136 valence electrons. The fourth-order valence-corrected chi connectivity index (χ4v) is 3.17. The largest absolute Gasteiger partial charge is 0.479 e. The van der Waals surface area contributed by atoms with E-state index >= 15 is 0 Å². The van der Waals surface area contributed by atoms with Crippen LogP contribution in [0.5, 0.6) is 0 Å². The van der Waals surface area contributed by atoms with E-state index in [0.717, 1.165) is 12.8 Å². The number of aliphatic hydroxyl groups is 1. The first-order valence-electron chi connectivity index (χ1n) is 9.31. The van der Waals surface area contributed by atoms with Gasteiger partial charge in [-0.1, -0.05) is 50.5 Å². The summed E-state index contributed by atoms with van der Waals surface area (Å²) in [7, 11) is 0. The van der Waals surface area contributed by atoms with Crippen molar-refractivity contribution in [2.75, 3.05) is 0 Å². The first-order chi connectivity index (χ1) is 11.6. The second-order valence-electron chi connectivity index (χ2n) is 6.69. The number of aliphatic carboxylic acids is 1. The monoisotopic (exact) mass is 336 g/mol. The van der Waals surface area contributed by atoms with E-state index < -0.39 is 12.1 Å². The number of carboxylic acids is 1. The summed E-state index contributed by atoms with van der Waals surface area (Å²) < 4.78 is 0. The zero-order valence-electron chi connectivity index (χ0n) is 14.8. The number of aliphatic hydroxyl groups excluding tert-OH is 1. The molecule has 4 nitrogen and oxygen atoms in total. The summed E-state index contributed by atoms with van der Waals surface area (Å²) in [5, 5.41) is 17.8. The molecule has 0 aromatic carbocycles. The van der Waals surface area contributed by atoms with Gasteiger partial charge in [-0.25, -0.2) is 4.79 Å². The third-order valence-electron chi connectivity index (χ3n) is 4.71. The van der Waals surface area contributed by atoms with E-state index in [1.165, 1.54) is 25.7 Å². The van der Waals surface area contributed by atoms with Crippen LogP contribution in [0.2, 0.25) is 0 Å². The molecule has 0 aromatic rings. The van der Waals surface area contributed by atoms with Crippen LogP contribution in [0.25, 0.3) is 0 Å². The minimum Gasteiger partial charge on any atom is -0.479 e. The van der Waals surface area contributed by atoms with Gasteiger partial charge in [-0.05, 0) is 44.4 Å². The number of rotatable bonds is 12. The standard InChI is InChI=1S/C20H32O4/c1-2-3-4-5-6-8-11-16-14-15-18(21)17(16)12-9-7-10-13-19(22)20(23)24/h7-9,11,16-17,19,22H,2-6,10,12-15H2,1H3,(H,23,24)/b9-7+,11-8+/t16-,17+,19?/m0/s1. The molecule has 1 unspecified atom stereocenters. The SMILES string of the molecule is CCCCCC/C=C/[C@H]1CCC(=O)[C@@H]1C/C=C/CCC(O)C(=O)O. The third kappa shape index (κ3) is 7.91. The van der Waals surface area contributed by atoms with E-state index in [9.17, 15) is 14.7 Å². The summed E-state index contributed by atoms with van der Waals surface area (Å²) in [6.07, 6.45) is 16.2. The second-order valence-corrected chi connectivity index (χ2v) is 6.69. The molecule has 0 saturated heterocycles. The molecule has 1 aliphatic carbocycles. The summed E-state index contributed by atoms with van der Waals surface area (Å²) in [4.78, 5) is 22.5. The zero-order chi connectivity index (χ0) is 17.8. The minimum absolute atomic E-state index is 0.0672. The van der Waals surface area contributed by atoms with E-state index in [-0.39, 0.29) is 12.3 Å². The first kappa shape index (κ1) is 20.6. The van der Waals surface area contributed by atoms with Gasteiger partial charge in [0, 0.05) is 12.3 Å². The van der Waals surface area contributed by atoms with Gasteiger partial charge in [-0.3, -0.25) is 4.79 Å². The Morgan fingerprint density at radius 3 is 2.71 bits per heavy atom. The lowest BCUT2D eigenvalue weighted by molar-refractivity contribution is -0.146. The highest BCUT2D eigenvalue weighted by Crippen LogP contribution is 2.32. The van der Waals surface area contributed by atoms with E-state index in [0.29, 0.717) is 31.0 Å². The Balaban J connectivity index is 2.31. The maximum absolute atomic E-state index is 12.0. The molecule has 1 fully saturated rings. The molecular weight excluding hydrogens is 304 g/mol. The van der Waals surface area contributed by atoms with Crippen LogP contribution in [-0.4, -0.2) is 28.1 Å². The number of allylic oxidation sites excluding steroid dienone is 4. The molecule has 0 aromatic heterocycles. The van der Waals surface area contributed by atoms with Crippen molar-refractivity contribution >= 4 is 11.8 Å². The van der Waals surface area contributed by atoms with Gasteiger partial charge in [0.15, 0.2) is 6.10 Å². The van der Waals surface area contributed by atoms with Gasteiger partial charge in [-0.15, -0.1) is 0 Å². The average molecular weight is 336 g/mol. The number of carbonyl (C=O) groups is 2. The Labute approximate surface area is 145 Å². The van der Waals surface area contributed by atoms with Gasteiger partial charge in [0.05, 0.1) is 0 Å². The van der Waals surface area contributed by atoms with Crippen molar-refractivity contribution in [2.24, 2.45) is 11.8 Å². The van der Waals surface area contributed by atoms with Crippen molar-refractivity contribution < 1.29 is 19.8 Å². The molecule has 2 N–H and O–H groups in total. The number of hydrogen-bond acceptors (Lipinski definition) is 3. The van der Waals surface area contributed by atoms with Gasteiger partial charge in [0.25, 0.3) is 0 Å². The number of Topliss-reactive ketones (excluding diaryl/α,β-unsaturated/α-hetero) is 1. The lowest BCUT2D eigenvalue weighted by Crippen LogP contribution is -2.18. The maximum Gasteiger partial charge on any atom is 0.332 e. The van der Waals surface area contributed by atoms with E-state index in [4.69, 9.17) is 5.11 Å². The molecule has 1 rings (SSSR count). The molecule has 3 atom stereocenters.